The number of hydrogen-bond acceptors (Lipinski definition) is 4. The molecule has 0 radical (unpaired) electrons. The van der Waals surface area contributed by atoms with Gasteiger partial charge >= 0.3 is 5.97 Å². The summed E-state index contributed by atoms with van der Waals surface area (Å²) in [4.78, 5) is 26.1. The second-order valence-corrected chi connectivity index (χ2v) is 6.38. The zero-order chi connectivity index (χ0) is 20.5. The van der Waals surface area contributed by atoms with E-state index in [1.54, 1.807) is 32.2 Å². The fourth-order valence-corrected chi connectivity index (χ4v) is 2.67. The number of rotatable bonds is 8. The SMILES string of the molecule is COC(=O)C(C)CN(Cc1ccc(F)cc1)C(=O)/C=C/c1cccc(OC)c1. The number of nitrogens with zero attached hydrogens (tertiary/aromatic N) is 1. The van der Waals surface area contributed by atoms with Crippen LogP contribution in [0.2, 0.25) is 0 Å². The van der Waals surface area contributed by atoms with Crippen molar-refractivity contribution < 1.29 is 23.5 Å². The molecular weight excluding hydrogens is 361 g/mol. The summed E-state index contributed by atoms with van der Waals surface area (Å²) < 4.78 is 23.1. The minimum absolute atomic E-state index is 0.186. The number of esters is 1. The molecule has 2 aromatic rings. The molecule has 0 spiro atoms. The predicted octanol–water partition coefficient (Wildman–Crippen LogP) is 3.69. The quantitative estimate of drug-likeness (QED) is 0.514. The molecule has 0 heterocycles. The maximum atomic E-state index is 13.2. The number of carbonyl (C=O) groups is 2. The molecule has 28 heavy (non-hydrogen) atoms. The number of benzene rings is 2. The Balaban J connectivity index is 2.17. The summed E-state index contributed by atoms with van der Waals surface area (Å²) in [6.45, 7) is 2.14. The van der Waals surface area contributed by atoms with Gasteiger partial charge in [0.15, 0.2) is 0 Å². The number of ether oxygens (including phenoxy) is 2. The highest BCUT2D eigenvalue weighted by atomic mass is 19.1. The molecule has 0 saturated heterocycles. The standard InChI is InChI=1S/C22H24FNO4/c1-16(22(26)28-3)14-24(15-18-7-10-19(23)11-8-18)21(25)12-9-17-5-4-6-20(13-17)27-2/h4-13,16H,14-15H2,1-3H3/b12-9+. The molecule has 1 atom stereocenters. The van der Waals surface area contributed by atoms with Crippen LogP contribution < -0.4 is 4.74 Å². The van der Waals surface area contributed by atoms with Crippen molar-refractivity contribution in [1.29, 1.82) is 0 Å². The van der Waals surface area contributed by atoms with Crippen LogP contribution in [0, 0.1) is 11.7 Å². The first-order chi connectivity index (χ1) is 13.4. The Labute approximate surface area is 164 Å². The van der Waals surface area contributed by atoms with E-state index in [2.05, 4.69) is 0 Å². The molecule has 2 aromatic carbocycles. The second kappa shape index (κ2) is 10.3. The van der Waals surface area contributed by atoms with E-state index in [9.17, 15) is 14.0 Å². The normalized spacial score (nSPS) is 11.9. The number of amides is 1. The van der Waals surface area contributed by atoms with E-state index in [0.29, 0.717) is 5.75 Å². The molecule has 0 saturated carbocycles. The molecule has 0 aliphatic carbocycles. The Morgan fingerprint density at radius 3 is 2.50 bits per heavy atom. The van der Waals surface area contributed by atoms with Gasteiger partial charge in [-0.1, -0.05) is 31.2 Å². The van der Waals surface area contributed by atoms with Crippen LogP contribution in [-0.4, -0.2) is 37.5 Å². The molecule has 0 aliphatic heterocycles. The van der Waals surface area contributed by atoms with E-state index >= 15 is 0 Å². The summed E-state index contributed by atoms with van der Waals surface area (Å²) in [6.07, 6.45) is 3.13. The zero-order valence-electron chi connectivity index (χ0n) is 16.2. The Hall–Kier alpha value is -3.15. The van der Waals surface area contributed by atoms with Crippen LogP contribution in [0.4, 0.5) is 4.39 Å². The molecule has 0 aromatic heterocycles. The molecule has 148 valence electrons. The van der Waals surface area contributed by atoms with Crippen LogP contribution in [0.25, 0.3) is 6.08 Å². The average molecular weight is 385 g/mol. The summed E-state index contributed by atoms with van der Waals surface area (Å²) in [5.41, 5.74) is 1.58. The highest BCUT2D eigenvalue weighted by molar-refractivity contribution is 5.92. The van der Waals surface area contributed by atoms with Gasteiger partial charge in [-0.05, 0) is 41.5 Å². The van der Waals surface area contributed by atoms with Gasteiger partial charge in [-0.15, -0.1) is 0 Å². The van der Waals surface area contributed by atoms with E-state index in [1.807, 2.05) is 24.3 Å². The Morgan fingerprint density at radius 2 is 1.86 bits per heavy atom. The third kappa shape index (κ3) is 6.23. The molecule has 2 rings (SSSR count). The van der Waals surface area contributed by atoms with Crippen molar-refractivity contribution >= 4 is 18.0 Å². The van der Waals surface area contributed by atoms with Crippen molar-refractivity contribution in [2.24, 2.45) is 5.92 Å². The monoisotopic (exact) mass is 385 g/mol. The highest BCUT2D eigenvalue weighted by Crippen LogP contribution is 2.15. The first kappa shape index (κ1) is 21.2. The van der Waals surface area contributed by atoms with Crippen LogP contribution in [0.15, 0.2) is 54.6 Å². The summed E-state index contributed by atoms with van der Waals surface area (Å²) in [6, 6.07) is 13.2. The number of hydrogen-bond donors (Lipinski definition) is 0. The number of carbonyl (C=O) groups excluding carboxylic acids is 2. The molecule has 5 nitrogen and oxygen atoms in total. The fraction of sp³-hybridized carbons (Fsp3) is 0.273. The summed E-state index contributed by atoms with van der Waals surface area (Å²) in [7, 11) is 2.89. The van der Waals surface area contributed by atoms with Gasteiger partial charge < -0.3 is 14.4 Å². The van der Waals surface area contributed by atoms with Crippen LogP contribution in [0.5, 0.6) is 5.75 Å². The summed E-state index contributed by atoms with van der Waals surface area (Å²) in [5.74, 6) is -0.796. The molecule has 0 bridgehead atoms. The predicted molar refractivity (Wildman–Crippen MR) is 105 cm³/mol. The topological polar surface area (TPSA) is 55.8 Å². The van der Waals surface area contributed by atoms with E-state index in [-0.39, 0.29) is 24.8 Å². The molecule has 6 heteroatoms. The van der Waals surface area contributed by atoms with Crippen LogP contribution >= 0.6 is 0 Å². The molecule has 1 amide bonds. The molecule has 0 aliphatic rings. The van der Waals surface area contributed by atoms with Crippen molar-refractivity contribution in [3.8, 4) is 5.75 Å². The minimum Gasteiger partial charge on any atom is -0.497 e. The van der Waals surface area contributed by atoms with Gasteiger partial charge in [0.25, 0.3) is 0 Å². The van der Waals surface area contributed by atoms with Gasteiger partial charge in [0.05, 0.1) is 20.1 Å². The van der Waals surface area contributed by atoms with Crippen LogP contribution in [-0.2, 0) is 20.9 Å². The smallest absolute Gasteiger partial charge is 0.310 e. The van der Waals surface area contributed by atoms with Crippen molar-refractivity contribution in [3.63, 3.8) is 0 Å². The van der Waals surface area contributed by atoms with Crippen molar-refractivity contribution in [2.45, 2.75) is 13.5 Å². The largest absolute Gasteiger partial charge is 0.497 e. The van der Waals surface area contributed by atoms with E-state index < -0.39 is 11.9 Å². The van der Waals surface area contributed by atoms with E-state index in [4.69, 9.17) is 9.47 Å². The van der Waals surface area contributed by atoms with Crippen LogP contribution in [0.3, 0.4) is 0 Å². The van der Waals surface area contributed by atoms with E-state index in [0.717, 1.165) is 11.1 Å². The third-order valence-electron chi connectivity index (χ3n) is 4.21. The van der Waals surface area contributed by atoms with Crippen molar-refractivity contribution in [2.75, 3.05) is 20.8 Å². The van der Waals surface area contributed by atoms with Gasteiger partial charge in [-0.2, -0.15) is 0 Å². The number of halogens is 1. The van der Waals surface area contributed by atoms with Crippen molar-refractivity contribution in [1.82, 2.24) is 4.90 Å². The summed E-state index contributed by atoms with van der Waals surface area (Å²) in [5, 5.41) is 0. The molecule has 0 N–H and O–H groups in total. The lowest BCUT2D eigenvalue weighted by Crippen LogP contribution is -2.35. The lowest BCUT2D eigenvalue weighted by molar-refractivity contribution is -0.146. The number of methoxy groups -OCH3 is 2. The minimum atomic E-state index is -0.486. The van der Waals surface area contributed by atoms with Gasteiger partial charge in [0.1, 0.15) is 11.6 Å². The lowest BCUT2D eigenvalue weighted by Gasteiger charge is -2.24. The fourth-order valence-electron chi connectivity index (χ4n) is 2.67. The molecular formula is C22H24FNO4. The molecule has 0 fully saturated rings. The average Bonchev–Trinajstić information content (AvgIpc) is 2.72. The van der Waals surface area contributed by atoms with Gasteiger partial charge in [-0.3, -0.25) is 9.59 Å². The highest BCUT2D eigenvalue weighted by Gasteiger charge is 2.20. The first-order valence-corrected chi connectivity index (χ1v) is 8.86. The lowest BCUT2D eigenvalue weighted by atomic mass is 10.1. The maximum Gasteiger partial charge on any atom is 0.310 e. The first-order valence-electron chi connectivity index (χ1n) is 8.86. The Bertz CT molecular complexity index is 833. The third-order valence-corrected chi connectivity index (χ3v) is 4.21. The Kier molecular flexibility index (Phi) is 7.75. The van der Waals surface area contributed by atoms with Crippen LogP contribution in [0.1, 0.15) is 18.1 Å². The van der Waals surface area contributed by atoms with Gasteiger partial charge in [0, 0.05) is 19.2 Å². The van der Waals surface area contributed by atoms with Gasteiger partial charge in [-0.25, -0.2) is 4.39 Å². The van der Waals surface area contributed by atoms with E-state index in [1.165, 1.54) is 30.2 Å². The maximum absolute atomic E-state index is 13.2. The Morgan fingerprint density at radius 1 is 1.14 bits per heavy atom. The van der Waals surface area contributed by atoms with Crippen molar-refractivity contribution in [3.05, 3.63) is 71.6 Å². The second-order valence-electron chi connectivity index (χ2n) is 6.38. The zero-order valence-corrected chi connectivity index (χ0v) is 16.2. The van der Waals surface area contributed by atoms with Gasteiger partial charge in [0.2, 0.25) is 5.91 Å². The summed E-state index contributed by atoms with van der Waals surface area (Å²) >= 11 is 0. The molecule has 1 unspecified atom stereocenters.